The molecular formula is C20H17BrFN3O. The SMILES string of the molecule is O=C1C(c2ccc(Br)cc2)n2cncc2CN1CCc1ccc(F)cc1. The number of carbonyl (C=O) groups excluding carboxylic acids is 1. The van der Waals surface area contributed by atoms with Gasteiger partial charge >= 0.3 is 0 Å². The fraction of sp³-hybridized carbons (Fsp3) is 0.200. The predicted octanol–water partition coefficient (Wildman–Crippen LogP) is 3.96. The average Bonchev–Trinajstić information content (AvgIpc) is 3.10. The first-order valence-corrected chi connectivity index (χ1v) is 9.20. The maximum atomic E-state index is 13.2. The van der Waals surface area contributed by atoms with Gasteiger partial charge in [0, 0.05) is 17.2 Å². The van der Waals surface area contributed by atoms with Crippen LogP contribution in [-0.4, -0.2) is 26.9 Å². The van der Waals surface area contributed by atoms with Crippen LogP contribution in [0.2, 0.25) is 0 Å². The summed E-state index contributed by atoms with van der Waals surface area (Å²) < 4.78 is 16.0. The monoisotopic (exact) mass is 413 g/mol. The van der Waals surface area contributed by atoms with E-state index in [1.54, 1.807) is 18.5 Å². The first kappa shape index (κ1) is 17.0. The highest BCUT2D eigenvalue weighted by molar-refractivity contribution is 9.10. The molecule has 132 valence electrons. The second-order valence-electron chi connectivity index (χ2n) is 6.38. The molecule has 0 bridgehead atoms. The molecule has 1 atom stereocenters. The van der Waals surface area contributed by atoms with E-state index < -0.39 is 6.04 Å². The zero-order valence-electron chi connectivity index (χ0n) is 14.0. The number of hydrogen-bond acceptors (Lipinski definition) is 2. The number of amides is 1. The maximum Gasteiger partial charge on any atom is 0.250 e. The van der Waals surface area contributed by atoms with Crippen LogP contribution in [0.5, 0.6) is 0 Å². The Hall–Kier alpha value is -2.47. The molecular weight excluding hydrogens is 397 g/mol. The molecule has 1 unspecified atom stereocenters. The van der Waals surface area contributed by atoms with Crippen LogP contribution < -0.4 is 0 Å². The Morgan fingerprint density at radius 1 is 1.12 bits per heavy atom. The summed E-state index contributed by atoms with van der Waals surface area (Å²) in [4.78, 5) is 19.2. The Labute approximate surface area is 159 Å². The number of nitrogens with zero attached hydrogens (tertiary/aromatic N) is 3. The Bertz CT molecular complexity index is 921. The Balaban J connectivity index is 1.58. The number of imidazole rings is 1. The number of halogens is 2. The summed E-state index contributed by atoms with van der Waals surface area (Å²) in [6.45, 7) is 1.12. The second kappa shape index (κ2) is 7.03. The summed E-state index contributed by atoms with van der Waals surface area (Å²) in [6.07, 6.45) is 4.22. The van der Waals surface area contributed by atoms with Gasteiger partial charge in [-0.15, -0.1) is 0 Å². The van der Waals surface area contributed by atoms with Crippen molar-refractivity contribution in [1.82, 2.24) is 14.5 Å². The first-order chi connectivity index (χ1) is 12.6. The fourth-order valence-corrected chi connectivity index (χ4v) is 3.57. The third-order valence-corrected chi connectivity index (χ3v) is 5.22. The molecule has 1 aliphatic rings. The van der Waals surface area contributed by atoms with E-state index in [9.17, 15) is 9.18 Å². The molecule has 0 N–H and O–H groups in total. The highest BCUT2D eigenvalue weighted by Gasteiger charge is 2.33. The summed E-state index contributed by atoms with van der Waals surface area (Å²) in [5, 5.41) is 0. The van der Waals surface area contributed by atoms with E-state index in [1.807, 2.05) is 39.9 Å². The predicted molar refractivity (Wildman–Crippen MR) is 100 cm³/mol. The number of carbonyl (C=O) groups is 1. The summed E-state index contributed by atoms with van der Waals surface area (Å²) in [6, 6.07) is 13.8. The molecule has 0 saturated heterocycles. The van der Waals surface area contributed by atoms with Gasteiger partial charge in [-0.05, 0) is 41.8 Å². The lowest BCUT2D eigenvalue weighted by molar-refractivity contribution is -0.136. The van der Waals surface area contributed by atoms with Crippen LogP contribution in [0.25, 0.3) is 0 Å². The van der Waals surface area contributed by atoms with E-state index in [-0.39, 0.29) is 11.7 Å². The van der Waals surface area contributed by atoms with Crippen LogP contribution in [0.1, 0.15) is 22.9 Å². The van der Waals surface area contributed by atoms with Crippen LogP contribution >= 0.6 is 15.9 Å². The zero-order chi connectivity index (χ0) is 18.1. The molecule has 1 aromatic heterocycles. The molecule has 1 aliphatic heterocycles. The molecule has 0 spiro atoms. The summed E-state index contributed by atoms with van der Waals surface area (Å²) >= 11 is 3.44. The number of hydrogen-bond donors (Lipinski definition) is 0. The third-order valence-electron chi connectivity index (χ3n) is 4.69. The van der Waals surface area contributed by atoms with Crippen molar-refractivity contribution in [3.05, 3.63) is 88.2 Å². The van der Waals surface area contributed by atoms with Gasteiger partial charge in [-0.3, -0.25) is 4.79 Å². The van der Waals surface area contributed by atoms with Crippen molar-refractivity contribution in [1.29, 1.82) is 0 Å². The number of fused-ring (bicyclic) bond motifs is 1. The van der Waals surface area contributed by atoms with E-state index >= 15 is 0 Å². The minimum absolute atomic E-state index is 0.0555. The summed E-state index contributed by atoms with van der Waals surface area (Å²) in [7, 11) is 0. The lowest BCUT2D eigenvalue weighted by atomic mass is 10.0. The molecule has 2 aromatic carbocycles. The molecule has 0 aliphatic carbocycles. The molecule has 6 heteroatoms. The third kappa shape index (κ3) is 3.29. The van der Waals surface area contributed by atoms with Gasteiger partial charge in [-0.25, -0.2) is 9.37 Å². The van der Waals surface area contributed by atoms with Gasteiger partial charge in [0.05, 0.1) is 18.6 Å². The lowest BCUT2D eigenvalue weighted by Crippen LogP contribution is -2.43. The molecule has 0 saturated carbocycles. The molecule has 3 aromatic rings. The van der Waals surface area contributed by atoms with Gasteiger partial charge in [0.1, 0.15) is 11.9 Å². The van der Waals surface area contributed by atoms with Crippen LogP contribution in [0.15, 0.2) is 65.5 Å². The lowest BCUT2D eigenvalue weighted by Gasteiger charge is -2.34. The van der Waals surface area contributed by atoms with Gasteiger partial charge < -0.3 is 9.47 Å². The van der Waals surface area contributed by atoms with Gasteiger partial charge in [0.2, 0.25) is 0 Å². The fourth-order valence-electron chi connectivity index (χ4n) is 3.31. The largest absolute Gasteiger partial charge is 0.334 e. The highest BCUT2D eigenvalue weighted by atomic mass is 79.9. The van der Waals surface area contributed by atoms with Crippen molar-refractivity contribution >= 4 is 21.8 Å². The first-order valence-electron chi connectivity index (χ1n) is 8.41. The molecule has 1 amide bonds. The van der Waals surface area contributed by atoms with Crippen LogP contribution in [0, 0.1) is 5.82 Å². The molecule has 0 radical (unpaired) electrons. The van der Waals surface area contributed by atoms with E-state index in [0.717, 1.165) is 21.3 Å². The Morgan fingerprint density at radius 3 is 2.58 bits per heavy atom. The summed E-state index contributed by atoms with van der Waals surface area (Å²) in [5.41, 5.74) is 2.96. The smallest absolute Gasteiger partial charge is 0.250 e. The van der Waals surface area contributed by atoms with E-state index in [1.165, 1.54) is 12.1 Å². The van der Waals surface area contributed by atoms with Gasteiger partial charge in [0.25, 0.3) is 5.91 Å². The normalized spacial score (nSPS) is 16.6. The van der Waals surface area contributed by atoms with E-state index in [4.69, 9.17) is 0 Å². The molecule has 0 fully saturated rings. The minimum Gasteiger partial charge on any atom is -0.334 e. The van der Waals surface area contributed by atoms with Crippen LogP contribution in [-0.2, 0) is 17.8 Å². The van der Waals surface area contributed by atoms with Gasteiger partial charge in [0.15, 0.2) is 0 Å². The van der Waals surface area contributed by atoms with Crippen molar-refractivity contribution in [2.24, 2.45) is 0 Å². The van der Waals surface area contributed by atoms with Gasteiger partial charge in [-0.2, -0.15) is 0 Å². The standard InChI is InChI=1S/C20H17BrFN3O/c21-16-5-3-15(4-6-16)19-20(26)24(12-18-11-23-13-25(18)19)10-9-14-1-7-17(22)8-2-14/h1-8,11,13,19H,9-10,12H2. The maximum absolute atomic E-state index is 13.2. The molecule has 4 rings (SSSR count). The average molecular weight is 414 g/mol. The van der Waals surface area contributed by atoms with Crippen LogP contribution in [0.4, 0.5) is 4.39 Å². The quantitative estimate of drug-likeness (QED) is 0.649. The minimum atomic E-state index is -0.400. The van der Waals surface area contributed by atoms with Crippen molar-refractivity contribution in [3.63, 3.8) is 0 Å². The number of aromatic nitrogens is 2. The Kier molecular flexibility index (Phi) is 4.59. The van der Waals surface area contributed by atoms with E-state index in [0.29, 0.717) is 19.5 Å². The zero-order valence-corrected chi connectivity index (χ0v) is 15.6. The Morgan fingerprint density at radius 2 is 1.85 bits per heavy atom. The van der Waals surface area contributed by atoms with Crippen molar-refractivity contribution < 1.29 is 9.18 Å². The second-order valence-corrected chi connectivity index (χ2v) is 7.30. The summed E-state index contributed by atoms with van der Waals surface area (Å²) in [5.74, 6) is -0.193. The molecule has 4 nitrogen and oxygen atoms in total. The van der Waals surface area contributed by atoms with Crippen molar-refractivity contribution in [2.45, 2.75) is 19.0 Å². The van der Waals surface area contributed by atoms with Gasteiger partial charge in [-0.1, -0.05) is 40.2 Å². The highest BCUT2D eigenvalue weighted by Crippen LogP contribution is 2.29. The topological polar surface area (TPSA) is 38.1 Å². The van der Waals surface area contributed by atoms with Crippen LogP contribution in [0.3, 0.4) is 0 Å². The number of benzene rings is 2. The van der Waals surface area contributed by atoms with E-state index in [2.05, 4.69) is 20.9 Å². The van der Waals surface area contributed by atoms with Crippen molar-refractivity contribution in [2.75, 3.05) is 6.54 Å². The molecule has 2 heterocycles. The van der Waals surface area contributed by atoms with Crippen molar-refractivity contribution in [3.8, 4) is 0 Å². The molecule has 26 heavy (non-hydrogen) atoms. The number of rotatable bonds is 4.